The van der Waals surface area contributed by atoms with Gasteiger partial charge in [0.1, 0.15) is 48.7 Å². The second-order valence-corrected chi connectivity index (χ2v) is 21.8. The first kappa shape index (κ1) is 63.0. The molecule has 20 nitrogen and oxygen atoms in total. The first-order chi connectivity index (χ1) is 36.3. The normalized spacial score (nSPS) is 25.6. The molecule has 2 heterocycles. The first-order valence-electron chi connectivity index (χ1n) is 27.0. The smallest absolute Gasteiger partial charge is 0.410 e. The number of cyclic esters (lactones) is 2. The number of ether oxygens (including phenoxy) is 4. The number of aliphatic hydroxyl groups excluding tert-OH is 1. The third-order valence-electron chi connectivity index (χ3n) is 14.4. The number of nitrogens with zero attached hydrogens (tertiary/aromatic N) is 3. The average molecular weight is 1080 g/mol. The van der Waals surface area contributed by atoms with E-state index in [-0.39, 0.29) is 50.7 Å². The minimum absolute atomic E-state index is 0.0856. The maximum Gasteiger partial charge on any atom is 0.410 e. The fourth-order valence-electron chi connectivity index (χ4n) is 9.55. The summed E-state index contributed by atoms with van der Waals surface area (Å²) in [4.78, 5) is 133. The molecular formula is C57H84N6O14. The standard InChI is InChI=1S/C57H84N6O14/c1-14-35(8)47-45(64)30-46(65)77-50(34(6)7)49(66)36(9)51(67)58-41(27-32(2)3)54(70)63-26-18-21-42(63)55(71)61(11)44(29-38-22-24-40(74-13)25-23-38)56(72)76-37(10)48(53(69)59-47)60-52(68)43(28-33(4)5)62(12)57(73)75-31-39-19-16-15-17-20-39/h15-17,19-20,22-25,32-37,41-45,47-48,50,64H,14,18,21,26-31H2,1-13H3,(H,58,67)(H,59,69)(H,60,68)/t35-,36-,37+,41-,42-,43+,44-,45+,47+,48-,50-/m0/s1. The number of amides is 6. The number of nitrogens with one attached hydrogen (secondary N) is 3. The highest BCUT2D eigenvalue weighted by molar-refractivity contribution is 6.05. The van der Waals surface area contributed by atoms with E-state index in [9.17, 15) is 48.3 Å². The van der Waals surface area contributed by atoms with Gasteiger partial charge in [0.2, 0.25) is 29.5 Å². The maximum atomic E-state index is 14.9. The number of carbonyl (C=O) groups excluding carboxylic acids is 9. The third-order valence-corrected chi connectivity index (χ3v) is 14.4. The number of hydrogen-bond donors (Lipinski definition) is 4. The van der Waals surface area contributed by atoms with E-state index >= 15 is 0 Å². The summed E-state index contributed by atoms with van der Waals surface area (Å²) in [6.45, 7) is 17.0. The van der Waals surface area contributed by atoms with Crippen molar-refractivity contribution in [2.75, 3.05) is 27.7 Å². The topological polar surface area (TPSA) is 257 Å². The Bertz CT molecular complexity index is 2350. The Hall–Kier alpha value is -6.57. The van der Waals surface area contributed by atoms with Crippen LogP contribution in [0.4, 0.5) is 4.79 Å². The van der Waals surface area contributed by atoms with Gasteiger partial charge < -0.3 is 49.8 Å². The summed E-state index contributed by atoms with van der Waals surface area (Å²) < 4.78 is 22.8. The van der Waals surface area contributed by atoms with Crippen molar-refractivity contribution >= 4 is 53.4 Å². The second kappa shape index (κ2) is 29.2. The van der Waals surface area contributed by atoms with Gasteiger partial charge in [0.05, 0.1) is 31.6 Å². The van der Waals surface area contributed by atoms with E-state index in [0.29, 0.717) is 29.7 Å². The van der Waals surface area contributed by atoms with Gasteiger partial charge in [0.15, 0.2) is 11.9 Å². The fraction of sp³-hybridized carbons (Fsp3) is 0.632. The summed E-state index contributed by atoms with van der Waals surface area (Å²) >= 11 is 0. The summed E-state index contributed by atoms with van der Waals surface area (Å²) in [5.41, 5.74) is 1.30. The van der Waals surface area contributed by atoms with E-state index in [1.165, 1.54) is 44.9 Å². The SMILES string of the molecule is CC[C@H](C)[C@H]1NC(=O)[C@@H](NC(=O)[C@@H](CC(C)C)N(C)C(=O)OCc2ccccc2)[C@@H](C)OC(=O)[C@H](Cc2ccc(OC)cc2)N(C)C(=O)[C@@H]2CCCN2C(=O)[C@H](CC(C)C)NC(=O)[C@@H](C)C(=O)[C@H](C(C)C)OC(=O)C[C@H]1O. The fourth-order valence-corrected chi connectivity index (χ4v) is 9.55. The number of carbonyl (C=O) groups is 9. The largest absolute Gasteiger partial charge is 0.497 e. The van der Waals surface area contributed by atoms with E-state index in [1.54, 1.807) is 76.2 Å². The van der Waals surface area contributed by atoms with Crippen molar-refractivity contribution in [2.24, 2.45) is 29.6 Å². The molecule has 11 atom stereocenters. The molecule has 6 amide bonds. The Labute approximate surface area is 454 Å². The zero-order valence-electron chi connectivity index (χ0n) is 47.2. The molecule has 0 spiro atoms. The Kier molecular flexibility index (Phi) is 23.9. The summed E-state index contributed by atoms with van der Waals surface area (Å²) in [6, 6.07) is 7.97. The van der Waals surface area contributed by atoms with Gasteiger partial charge >= 0.3 is 18.0 Å². The summed E-state index contributed by atoms with van der Waals surface area (Å²) in [7, 11) is 4.30. The van der Waals surface area contributed by atoms with E-state index in [4.69, 9.17) is 18.9 Å². The van der Waals surface area contributed by atoms with Gasteiger partial charge in [0, 0.05) is 27.1 Å². The molecule has 0 unspecified atom stereocenters. The van der Waals surface area contributed by atoms with E-state index < -0.39 is 132 Å². The molecular weight excluding hydrogens is 993 g/mol. The lowest BCUT2D eigenvalue weighted by Gasteiger charge is -2.36. The minimum Gasteiger partial charge on any atom is -0.497 e. The molecule has 20 heteroatoms. The van der Waals surface area contributed by atoms with Gasteiger partial charge in [-0.3, -0.25) is 38.5 Å². The van der Waals surface area contributed by atoms with Crippen LogP contribution in [0.25, 0.3) is 0 Å². The van der Waals surface area contributed by atoms with Crippen molar-refractivity contribution in [1.29, 1.82) is 0 Å². The Balaban J connectivity index is 1.86. The molecule has 4 N–H and O–H groups in total. The van der Waals surface area contributed by atoms with Crippen molar-refractivity contribution in [1.82, 2.24) is 30.7 Å². The van der Waals surface area contributed by atoms with Crippen molar-refractivity contribution in [3.63, 3.8) is 0 Å². The molecule has 4 rings (SSSR count). The second-order valence-electron chi connectivity index (χ2n) is 21.8. The molecule has 2 aromatic carbocycles. The molecule has 0 aliphatic carbocycles. The number of aliphatic hydroxyl groups is 1. The van der Waals surface area contributed by atoms with Crippen LogP contribution in [0.15, 0.2) is 54.6 Å². The molecule has 2 aliphatic heterocycles. The van der Waals surface area contributed by atoms with Gasteiger partial charge in [-0.05, 0) is 86.5 Å². The zero-order chi connectivity index (χ0) is 57.4. The van der Waals surface area contributed by atoms with Crippen molar-refractivity contribution in [2.45, 2.75) is 175 Å². The summed E-state index contributed by atoms with van der Waals surface area (Å²) in [5.74, 6) is -8.77. The molecule has 77 heavy (non-hydrogen) atoms. The van der Waals surface area contributed by atoms with Crippen LogP contribution >= 0.6 is 0 Å². The molecule has 2 aliphatic rings. The van der Waals surface area contributed by atoms with Crippen molar-refractivity contribution in [3.05, 3.63) is 65.7 Å². The van der Waals surface area contributed by atoms with Crippen LogP contribution < -0.4 is 20.7 Å². The van der Waals surface area contributed by atoms with Gasteiger partial charge in [0.25, 0.3) is 0 Å². The quantitative estimate of drug-likeness (QED) is 0.107. The molecule has 426 valence electrons. The first-order valence-corrected chi connectivity index (χ1v) is 27.0. The van der Waals surface area contributed by atoms with Crippen LogP contribution in [0.3, 0.4) is 0 Å². The van der Waals surface area contributed by atoms with Crippen molar-refractivity contribution in [3.8, 4) is 5.75 Å². The predicted octanol–water partition coefficient (Wildman–Crippen LogP) is 4.75. The summed E-state index contributed by atoms with van der Waals surface area (Å²) in [5, 5.41) is 20.1. The number of Topliss-reactive ketones (excluding diaryl/α,β-unsaturated/α-hetero) is 1. The molecule has 0 saturated carbocycles. The molecule has 0 aromatic heterocycles. The monoisotopic (exact) mass is 1080 g/mol. The van der Waals surface area contributed by atoms with E-state index in [0.717, 1.165) is 4.90 Å². The molecule has 2 fully saturated rings. The van der Waals surface area contributed by atoms with E-state index in [2.05, 4.69) is 16.0 Å². The number of hydrogen-bond acceptors (Lipinski definition) is 14. The van der Waals surface area contributed by atoms with Crippen LogP contribution in [0.1, 0.15) is 119 Å². The van der Waals surface area contributed by atoms with Crippen LogP contribution in [-0.4, -0.2) is 155 Å². The van der Waals surface area contributed by atoms with Crippen molar-refractivity contribution < 1.29 is 67.2 Å². The average Bonchev–Trinajstić information content (AvgIpc) is 3.89. The van der Waals surface area contributed by atoms with Gasteiger partial charge in [-0.15, -0.1) is 0 Å². The molecule has 0 bridgehead atoms. The highest BCUT2D eigenvalue weighted by Gasteiger charge is 2.45. The Morgan fingerprint density at radius 3 is 2.09 bits per heavy atom. The Morgan fingerprint density at radius 1 is 0.857 bits per heavy atom. The van der Waals surface area contributed by atoms with Crippen LogP contribution in [0.5, 0.6) is 5.75 Å². The van der Waals surface area contributed by atoms with Gasteiger partial charge in [-0.25, -0.2) is 9.59 Å². The number of fused-ring (bicyclic) bond motifs is 1. The van der Waals surface area contributed by atoms with Crippen LogP contribution in [-0.2, 0) is 65.6 Å². The number of likely N-dealkylation sites (N-methyl/N-ethyl adjacent to an activating group) is 2. The van der Waals surface area contributed by atoms with Gasteiger partial charge in [-0.2, -0.15) is 0 Å². The highest BCUT2D eigenvalue weighted by Crippen LogP contribution is 2.26. The van der Waals surface area contributed by atoms with Crippen LogP contribution in [0, 0.1) is 29.6 Å². The summed E-state index contributed by atoms with van der Waals surface area (Å²) in [6.07, 6.45) is -4.96. The highest BCUT2D eigenvalue weighted by atomic mass is 16.6. The predicted molar refractivity (Wildman–Crippen MR) is 285 cm³/mol. The number of rotatable bonds is 15. The Morgan fingerprint density at radius 2 is 1.51 bits per heavy atom. The number of esters is 2. The lowest BCUT2D eigenvalue weighted by Crippen LogP contribution is -2.61. The zero-order valence-corrected chi connectivity index (χ0v) is 47.2. The molecule has 0 radical (unpaired) electrons. The van der Waals surface area contributed by atoms with Gasteiger partial charge in [-0.1, -0.05) is 104 Å². The molecule has 2 aromatic rings. The number of benzene rings is 2. The number of methoxy groups -OCH3 is 1. The van der Waals surface area contributed by atoms with E-state index in [1.807, 2.05) is 33.8 Å². The van der Waals surface area contributed by atoms with Crippen LogP contribution in [0.2, 0.25) is 0 Å². The lowest BCUT2D eigenvalue weighted by molar-refractivity contribution is -0.163. The lowest BCUT2D eigenvalue weighted by atomic mass is 9.91. The minimum atomic E-state index is -1.72. The molecule has 2 saturated heterocycles. The third kappa shape index (κ3) is 17.5. The maximum absolute atomic E-state index is 14.9. The number of ketones is 1.